The highest BCUT2D eigenvalue weighted by Gasteiger charge is 1.97. The Morgan fingerprint density at radius 1 is 1.64 bits per heavy atom. The van der Waals surface area contributed by atoms with E-state index in [0.29, 0.717) is 12.1 Å². The summed E-state index contributed by atoms with van der Waals surface area (Å²) >= 11 is 0. The summed E-state index contributed by atoms with van der Waals surface area (Å²) in [5.74, 6) is 2.49. The van der Waals surface area contributed by atoms with E-state index in [0.717, 1.165) is 0 Å². The molecule has 0 saturated heterocycles. The molecule has 1 aromatic heterocycles. The lowest BCUT2D eigenvalue weighted by atomic mass is 10.3. The van der Waals surface area contributed by atoms with Crippen LogP contribution in [0.1, 0.15) is 5.56 Å². The summed E-state index contributed by atoms with van der Waals surface area (Å²) in [5.41, 5.74) is 0.628. The molecular formula is C9H7N2+. The maximum Gasteiger partial charge on any atom is 0.208 e. The molecule has 2 heteroatoms. The standard InChI is InChI=1S/C9H7N2/c1-2-5-11-6-3-4-9(7-10)8-11/h1,3-4,6,8H,5H2/q+1. The molecule has 0 saturated carbocycles. The van der Waals surface area contributed by atoms with Gasteiger partial charge in [0.05, 0.1) is 0 Å². The molecule has 0 radical (unpaired) electrons. The average molecular weight is 143 g/mol. The second-order valence-corrected chi connectivity index (χ2v) is 2.08. The molecule has 2 nitrogen and oxygen atoms in total. The SMILES string of the molecule is C#CC[n+]1cccc(C#N)c1. The third kappa shape index (κ3) is 1.81. The molecular weight excluding hydrogens is 136 g/mol. The third-order valence-corrected chi connectivity index (χ3v) is 1.26. The first kappa shape index (κ1) is 7.31. The van der Waals surface area contributed by atoms with Crippen LogP contribution in [0.4, 0.5) is 0 Å². The van der Waals surface area contributed by atoms with Crippen molar-refractivity contribution < 1.29 is 4.57 Å². The number of hydrogen-bond donors (Lipinski definition) is 0. The predicted octanol–water partition coefficient (Wildman–Crippen LogP) is 0.479. The third-order valence-electron chi connectivity index (χ3n) is 1.26. The zero-order chi connectivity index (χ0) is 8.10. The van der Waals surface area contributed by atoms with Crippen molar-refractivity contribution in [3.8, 4) is 18.4 Å². The molecule has 0 unspecified atom stereocenters. The molecule has 0 atom stereocenters. The lowest BCUT2D eigenvalue weighted by Crippen LogP contribution is -2.32. The van der Waals surface area contributed by atoms with Crippen LogP contribution in [0.2, 0.25) is 0 Å². The van der Waals surface area contributed by atoms with E-state index in [1.807, 2.05) is 12.3 Å². The van der Waals surface area contributed by atoms with Crippen LogP contribution in [0, 0.1) is 23.7 Å². The van der Waals surface area contributed by atoms with E-state index in [-0.39, 0.29) is 0 Å². The first-order chi connectivity index (χ1) is 5.36. The van der Waals surface area contributed by atoms with E-state index < -0.39 is 0 Å². The highest BCUT2D eigenvalue weighted by Crippen LogP contribution is 1.89. The smallest absolute Gasteiger partial charge is 0.192 e. The van der Waals surface area contributed by atoms with Gasteiger partial charge in [0.2, 0.25) is 6.54 Å². The van der Waals surface area contributed by atoms with Gasteiger partial charge in [0.1, 0.15) is 11.6 Å². The number of hydrogen-bond acceptors (Lipinski definition) is 1. The minimum absolute atomic E-state index is 0.509. The van der Waals surface area contributed by atoms with Gasteiger partial charge in [-0.2, -0.15) is 9.83 Å². The van der Waals surface area contributed by atoms with Gasteiger partial charge in [-0.25, -0.2) is 0 Å². The van der Waals surface area contributed by atoms with Gasteiger partial charge in [0.15, 0.2) is 12.4 Å². The second kappa shape index (κ2) is 3.39. The lowest BCUT2D eigenvalue weighted by Gasteiger charge is -1.88. The Bertz CT molecular complexity index is 328. The Labute approximate surface area is 65.7 Å². The topological polar surface area (TPSA) is 27.7 Å². The molecule has 0 fully saturated rings. The van der Waals surface area contributed by atoms with Crippen molar-refractivity contribution in [1.82, 2.24) is 0 Å². The first-order valence-corrected chi connectivity index (χ1v) is 3.19. The fourth-order valence-electron chi connectivity index (χ4n) is 0.792. The summed E-state index contributed by atoms with van der Waals surface area (Å²) < 4.78 is 1.79. The zero-order valence-corrected chi connectivity index (χ0v) is 5.99. The van der Waals surface area contributed by atoms with E-state index in [1.165, 1.54) is 0 Å². The number of rotatable bonds is 1. The van der Waals surface area contributed by atoms with Gasteiger partial charge in [0, 0.05) is 6.07 Å². The van der Waals surface area contributed by atoms with E-state index in [9.17, 15) is 0 Å². The molecule has 0 spiro atoms. The highest BCUT2D eigenvalue weighted by molar-refractivity contribution is 5.21. The van der Waals surface area contributed by atoms with E-state index >= 15 is 0 Å². The fraction of sp³-hybridized carbons (Fsp3) is 0.111. The van der Waals surface area contributed by atoms with Gasteiger partial charge in [0.25, 0.3) is 0 Å². The molecule has 0 aromatic carbocycles. The summed E-state index contributed by atoms with van der Waals surface area (Å²) in [6, 6.07) is 5.58. The Kier molecular flexibility index (Phi) is 2.25. The zero-order valence-electron chi connectivity index (χ0n) is 5.99. The van der Waals surface area contributed by atoms with Crippen LogP contribution in [0.3, 0.4) is 0 Å². The number of nitriles is 1. The number of aromatic nitrogens is 1. The summed E-state index contributed by atoms with van der Waals surface area (Å²) in [7, 11) is 0. The van der Waals surface area contributed by atoms with Gasteiger partial charge < -0.3 is 0 Å². The molecule has 0 aliphatic carbocycles. The Morgan fingerprint density at radius 3 is 3.09 bits per heavy atom. The monoisotopic (exact) mass is 143 g/mol. The maximum absolute atomic E-state index is 8.52. The summed E-state index contributed by atoms with van der Waals surface area (Å²) in [5, 5.41) is 8.52. The van der Waals surface area contributed by atoms with Crippen molar-refractivity contribution in [3.05, 3.63) is 30.1 Å². The van der Waals surface area contributed by atoms with Gasteiger partial charge in [-0.3, -0.25) is 0 Å². The predicted molar refractivity (Wildman–Crippen MR) is 40.2 cm³/mol. The average Bonchev–Trinajstić information content (AvgIpc) is 2.06. The van der Waals surface area contributed by atoms with Crippen molar-refractivity contribution in [2.24, 2.45) is 0 Å². The normalized spacial score (nSPS) is 8.18. The van der Waals surface area contributed by atoms with Crippen LogP contribution in [0.15, 0.2) is 24.5 Å². The fourth-order valence-corrected chi connectivity index (χ4v) is 0.792. The summed E-state index contributed by atoms with van der Waals surface area (Å²) in [4.78, 5) is 0. The maximum atomic E-state index is 8.52. The number of terminal acetylenes is 1. The molecule has 1 rings (SSSR count). The quantitative estimate of drug-likeness (QED) is 0.415. The van der Waals surface area contributed by atoms with Crippen LogP contribution in [0.5, 0.6) is 0 Å². The number of nitrogens with zero attached hydrogens (tertiary/aromatic N) is 2. The van der Waals surface area contributed by atoms with E-state index in [2.05, 4.69) is 5.92 Å². The van der Waals surface area contributed by atoms with Crippen LogP contribution in [-0.4, -0.2) is 0 Å². The van der Waals surface area contributed by atoms with Gasteiger partial charge in [-0.15, -0.1) is 6.42 Å². The van der Waals surface area contributed by atoms with Gasteiger partial charge in [-0.05, 0) is 12.0 Å². The Morgan fingerprint density at radius 2 is 2.45 bits per heavy atom. The number of pyridine rings is 1. The van der Waals surface area contributed by atoms with Crippen LogP contribution in [-0.2, 0) is 6.54 Å². The molecule has 0 aliphatic heterocycles. The first-order valence-electron chi connectivity index (χ1n) is 3.19. The van der Waals surface area contributed by atoms with Crippen LogP contribution >= 0.6 is 0 Å². The van der Waals surface area contributed by atoms with Crippen molar-refractivity contribution >= 4 is 0 Å². The minimum Gasteiger partial charge on any atom is -0.192 e. The van der Waals surface area contributed by atoms with E-state index in [4.69, 9.17) is 11.7 Å². The molecule has 1 aromatic rings. The van der Waals surface area contributed by atoms with Gasteiger partial charge in [-0.1, -0.05) is 0 Å². The molecule has 0 N–H and O–H groups in total. The van der Waals surface area contributed by atoms with Crippen LogP contribution in [0.25, 0.3) is 0 Å². The molecule has 0 bridgehead atoms. The lowest BCUT2D eigenvalue weighted by molar-refractivity contribution is -0.684. The highest BCUT2D eigenvalue weighted by atomic mass is 14.9. The molecule has 11 heavy (non-hydrogen) atoms. The van der Waals surface area contributed by atoms with E-state index in [1.54, 1.807) is 22.9 Å². The van der Waals surface area contributed by atoms with Crippen molar-refractivity contribution in [2.75, 3.05) is 0 Å². The second-order valence-electron chi connectivity index (χ2n) is 2.08. The van der Waals surface area contributed by atoms with Crippen molar-refractivity contribution in [1.29, 1.82) is 5.26 Å². The Hall–Kier alpha value is -1.80. The Balaban J connectivity index is 2.96. The van der Waals surface area contributed by atoms with Crippen molar-refractivity contribution in [3.63, 3.8) is 0 Å². The molecule has 0 aliphatic rings. The van der Waals surface area contributed by atoms with Gasteiger partial charge >= 0.3 is 0 Å². The molecule has 1 heterocycles. The van der Waals surface area contributed by atoms with Crippen molar-refractivity contribution in [2.45, 2.75) is 6.54 Å². The molecule has 0 amide bonds. The van der Waals surface area contributed by atoms with Crippen LogP contribution < -0.4 is 4.57 Å². The molecule has 52 valence electrons. The largest absolute Gasteiger partial charge is 0.208 e. The summed E-state index contributed by atoms with van der Waals surface area (Å²) in [6.07, 6.45) is 8.65. The minimum atomic E-state index is 0.509. The summed E-state index contributed by atoms with van der Waals surface area (Å²) in [6.45, 7) is 0.509.